The van der Waals surface area contributed by atoms with Crippen LogP contribution in [0.15, 0.2) is 54.7 Å². The van der Waals surface area contributed by atoms with E-state index in [2.05, 4.69) is 10.2 Å². The van der Waals surface area contributed by atoms with Gasteiger partial charge in [-0.3, -0.25) is 24.4 Å². The molecule has 2 amide bonds. The Morgan fingerprint density at radius 3 is 2.26 bits per heavy atom. The predicted octanol–water partition coefficient (Wildman–Crippen LogP) is 4.30. The SMILES string of the molecule is Cc1ccc(-c2cn(-c3ccc(C)cc3)c(NC(=O)CN(CCN3CCOCC3)C(=O)CC(C)C)n2)cc1. The van der Waals surface area contributed by atoms with Crippen LogP contribution in [0.2, 0.25) is 0 Å². The number of hydrogen-bond acceptors (Lipinski definition) is 5. The van der Waals surface area contributed by atoms with Crippen molar-refractivity contribution in [2.24, 2.45) is 5.92 Å². The normalized spacial score (nSPS) is 14.0. The maximum Gasteiger partial charge on any atom is 0.246 e. The summed E-state index contributed by atoms with van der Waals surface area (Å²) in [5.41, 5.74) is 4.95. The molecule has 1 saturated heterocycles. The molecule has 8 heteroatoms. The van der Waals surface area contributed by atoms with Gasteiger partial charge in [0, 0.05) is 50.0 Å². The van der Waals surface area contributed by atoms with E-state index in [-0.39, 0.29) is 24.3 Å². The summed E-state index contributed by atoms with van der Waals surface area (Å²) in [6, 6.07) is 16.2. The third-order valence-corrected chi connectivity index (χ3v) is 6.68. The zero-order valence-electron chi connectivity index (χ0n) is 22.9. The van der Waals surface area contributed by atoms with Crippen LogP contribution in [0.4, 0.5) is 5.95 Å². The maximum absolute atomic E-state index is 13.3. The number of rotatable bonds is 10. The molecular formula is C30H39N5O3. The molecule has 2 heterocycles. The highest BCUT2D eigenvalue weighted by atomic mass is 16.5. The molecule has 0 saturated carbocycles. The zero-order chi connectivity index (χ0) is 27.1. The molecule has 1 fully saturated rings. The number of aromatic nitrogens is 2. The fourth-order valence-corrected chi connectivity index (χ4v) is 4.43. The van der Waals surface area contributed by atoms with Crippen LogP contribution in [-0.4, -0.2) is 77.1 Å². The van der Waals surface area contributed by atoms with Crippen LogP contribution in [0, 0.1) is 19.8 Å². The number of hydrogen-bond donors (Lipinski definition) is 1. The Morgan fingerprint density at radius 1 is 1.00 bits per heavy atom. The fourth-order valence-electron chi connectivity index (χ4n) is 4.43. The summed E-state index contributed by atoms with van der Waals surface area (Å²) in [4.78, 5) is 35.1. The lowest BCUT2D eigenvalue weighted by molar-refractivity contribution is -0.135. The van der Waals surface area contributed by atoms with Gasteiger partial charge in [-0.15, -0.1) is 0 Å². The topological polar surface area (TPSA) is 79.7 Å². The Bertz CT molecular complexity index is 1210. The van der Waals surface area contributed by atoms with Crippen molar-refractivity contribution in [3.63, 3.8) is 0 Å². The van der Waals surface area contributed by atoms with Crippen LogP contribution in [0.25, 0.3) is 16.9 Å². The molecule has 0 atom stereocenters. The van der Waals surface area contributed by atoms with Crippen LogP contribution >= 0.6 is 0 Å². The van der Waals surface area contributed by atoms with Crippen LogP contribution < -0.4 is 5.32 Å². The quantitative estimate of drug-likeness (QED) is 0.434. The second-order valence-electron chi connectivity index (χ2n) is 10.4. The molecule has 0 aliphatic carbocycles. The molecule has 1 aromatic heterocycles. The van der Waals surface area contributed by atoms with Crippen molar-refractivity contribution in [2.45, 2.75) is 34.1 Å². The number of nitrogens with one attached hydrogen (secondary N) is 1. The Hall–Kier alpha value is -3.49. The summed E-state index contributed by atoms with van der Waals surface area (Å²) < 4.78 is 7.33. The first-order chi connectivity index (χ1) is 18.3. The number of anilines is 1. The van der Waals surface area contributed by atoms with Gasteiger partial charge in [-0.25, -0.2) is 4.98 Å². The van der Waals surface area contributed by atoms with Gasteiger partial charge in [-0.05, 0) is 31.9 Å². The van der Waals surface area contributed by atoms with Crippen LogP contribution in [0.5, 0.6) is 0 Å². The van der Waals surface area contributed by atoms with Crippen LogP contribution in [0.1, 0.15) is 31.4 Å². The predicted molar refractivity (Wildman–Crippen MR) is 150 cm³/mol. The van der Waals surface area contributed by atoms with Gasteiger partial charge in [0.05, 0.1) is 25.5 Å². The highest BCUT2D eigenvalue weighted by molar-refractivity contribution is 5.94. The molecular weight excluding hydrogens is 478 g/mol. The van der Waals surface area contributed by atoms with Crippen molar-refractivity contribution in [3.8, 4) is 16.9 Å². The van der Waals surface area contributed by atoms with Gasteiger partial charge in [-0.2, -0.15) is 0 Å². The highest BCUT2D eigenvalue weighted by Gasteiger charge is 2.22. The summed E-state index contributed by atoms with van der Waals surface area (Å²) in [6.45, 7) is 12.4. The van der Waals surface area contributed by atoms with E-state index < -0.39 is 0 Å². The molecule has 202 valence electrons. The van der Waals surface area contributed by atoms with Crippen molar-refractivity contribution < 1.29 is 14.3 Å². The molecule has 0 unspecified atom stereocenters. The van der Waals surface area contributed by atoms with E-state index in [9.17, 15) is 9.59 Å². The van der Waals surface area contributed by atoms with Crippen molar-refractivity contribution >= 4 is 17.8 Å². The van der Waals surface area contributed by atoms with Crippen molar-refractivity contribution in [3.05, 3.63) is 65.9 Å². The molecule has 2 aromatic carbocycles. The van der Waals surface area contributed by atoms with E-state index in [1.807, 2.05) is 87.0 Å². The minimum absolute atomic E-state index is 0.00868. The van der Waals surface area contributed by atoms with Crippen molar-refractivity contribution in [1.82, 2.24) is 19.4 Å². The molecule has 0 bridgehead atoms. The molecule has 0 spiro atoms. The molecule has 38 heavy (non-hydrogen) atoms. The van der Waals surface area contributed by atoms with E-state index in [0.29, 0.717) is 32.1 Å². The summed E-state index contributed by atoms with van der Waals surface area (Å²) in [5, 5.41) is 2.99. The number of imidazole rings is 1. The summed E-state index contributed by atoms with van der Waals surface area (Å²) in [6.07, 6.45) is 2.34. The number of carbonyl (C=O) groups is 2. The highest BCUT2D eigenvalue weighted by Crippen LogP contribution is 2.25. The van der Waals surface area contributed by atoms with Crippen LogP contribution in [0.3, 0.4) is 0 Å². The van der Waals surface area contributed by atoms with Gasteiger partial charge in [0.25, 0.3) is 0 Å². The zero-order valence-corrected chi connectivity index (χ0v) is 22.9. The van der Waals surface area contributed by atoms with E-state index in [4.69, 9.17) is 9.72 Å². The summed E-state index contributed by atoms with van der Waals surface area (Å²) in [7, 11) is 0. The summed E-state index contributed by atoms with van der Waals surface area (Å²) in [5.74, 6) is 0.372. The second kappa shape index (κ2) is 12.8. The molecule has 1 N–H and O–H groups in total. The standard InChI is InChI=1S/C30H39N5O3/c1-22(2)19-29(37)34(14-13-33-15-17-38-18-16-33)21-28(36)32-30-31-27(25-9-5-23(3)6-10-25)20-35(30)26-11-7-24(4)8-12-26/h5-12,20,22H,13-19,21H2,1-4H3,(H,31,32,36). The van der Waals surface area contributed by atoms with E-state index in [1.54, 1.807) is 4.90 Å². The minimum Gasteiger partial charge on any atom is -0.379 e. The van der Waals surface area contributed by atoms with Gasteiger partial charge in [-0.1, -0.05) is 61.4 Å². The average molecular weight is 518 g/mol. The molecule has 8 nitrogen and oxygen atoms in total. The second-order valence-corrected chi connectivity index (χ2v) is 10.4. The molecule has 4 rings (SSSR count). The maximum atomic E-state index is 13.3. The third kappa shape index (κ3) is 7.52. The number of benzene rings is 2. The minimum atomic E-state index is -0.265. The molecule has 1 aliphatic heterocycles. The number of nitrogens with zero attached hydrogens (tertiary/aromatic N) is 4. The number of morpholine rings is 1. The Kier molecular flexibility index (Phi) is 9.31. The number of aryl methyl sites for hydroxylation is 2. The molecule has 0 radical (unpaired) electrons. The van der Waals surface area contributed by atoms with Gasteiger partial charge in [0.2, 0.25) is 17.8 Å². The lowest BCUT2D eigenvalue weighted by Gasteiger charge is -2.30. The van der Waals surface area contributed by atoms with Gasteiger partial charge >= 0.3 is 0 Å². The lowest BCUT2D eigenvalue weighted by Crippen LogP contribution is -2.45. The van der Waals surface area contributed by atoms with E-state index in [1.165, 1.54) is 5.56 Å². The smallest absolute Gasteiger partial charge is 0.246 e. The van der Waals surface area contributed by atoms with E-state index in [0.717, 1.165) is 42.1 Å². The first kappa shape index (κ1) is 27.5. The van der Waals surface area contributed by atoms with E-state index >= 15 is 0 Å². The number of ether oxygens (including phenoxy) is 1. The summed E-state index contributed by atoms with van der Waals surface area (Å²) >= 11 is 0. The Morgan fingerprint density at radius 2 is 1.63 bits per heavy atom. The lowest BCUT2D eigenvalue weighted by atomic mass is 10.1. The largest absolute Gasteiger partial charge is 0.379 e. The monoisotopic (exact) mass is 517 g/mol. The van der Waals surface area contributed by atoms with Gasteiger partial charge in [0.15, 0.2) is 0 Å². The first-order valence-electron chi connectivity index (χ1n) is 13.4. The first-order valence-corrected chi connectivity index (χ1v) is 13.4. The number of carbonyl (C=O) groups excluding carboxylic acids is 2. The fraction of sp³-hybridized carbons (Fsp3) is 0.433. The number of amides is 2. The molecule has 1 aliphatic rings. The van der Waals surface area contributed by atoms with Crippen LogP contribution in [-0.2, 0) is 14.3 Å². The van der Waals surface area contributed by atoms with Gasteiger partial charge in [0.1, 0.15) is 0 Å². The van der Waals surface area contributed by atoms with Gasteiger partial charge < -0.3 is 9.64 Å². The average Bonchev–Trinajstić information content (AvgIpc) is 3.31. The van der Waals surface area contributed by atoms with Crippen molar-refractivity contribution in [2.75, 3.05) is 51.3 Å². The Balaban J connectivity index is 1.54. The van der Waals surface area contributed by atoms with Crippen molar-refractivity contribution in [1.29, 1.82) is 0 Å². The third-order valence-electron chi connectivity index (χ3n) is 6.68. The molecule has 3 aromatic rings. The Labute approximate surface area is 225 Å².